The number of hydrogen-bond donors (Lipinski definition) is 4. The molecule has 0 aliphatic carbocycles. The molecule has 2 aromatic heterocycles. The molecule has 0 radical (unpaired) electrons. The molecule has 14 nitrogen and oxygen atoms in total. The number of rotatable bonds is 10. The van der Waals surface area contributed by atoms with Gasteiger partial charge in [0.25, 0.3) is 12.3 Å². The third-order valence-corrected chi connectivity index (χ3v) is 8.63. The number of anilines is 2. The van der Waals surface area contributed by atoms with Gasteiger partial charge in [-0.1, -0.05) is 12.1 Å². The SMILES string of the molecule is Cc1cc(Oc2ccccc2F)ccc1-n1ncc(C(=O)c2cc3cc(OCC(F)F)c(N4C(=O)[C@@H]5C[C@H](NC(=O)O)CN5C4=O)cc3[nH]2)c1N. The lowest BCUT2D eigenvalue weighted by Gasteiger charge is -2.20. The molecular weight excluding hydrogens is 675 g/mol. The van der Waals surface area contributed by atoms with Gasteiger partial charge in [-0.2, -0.15) is 5.10 Å². The number of ketones is 1. The molecule has 7 rings (SSSR count). The molecule has 2 atom stereocenters. The van der Waals surface area contributed by atoms with E-state index < -0.39 is 54.7 Å². The van der Waals surface area contributed by atoms with E-state index in [2.05, 4.69) is 15.4 Å². The number of benzene rings is 3. The highest BCUT2D eigenvalue weighted by atomic mass is 19.3. The van der Waals surface area contributed by atoms with Gasteiger partial charge in [0.2, 0.25) is 5.78 Å². The van der Waals surface area contributed by atoms with Gasteiger partial charge in [-0.25, -0.2) is 32.3 Å². The lowest BCUT2D eigenvalue weighted by atomic mass is 10.1. The number of nitrogens with zero attached hydrogens (tertiary/aromatic N) is 4. The maximum absolute atomic E-state index is 14.1. The van der Waals surface area contributed by atoms with E-state index in [1.807, 2.05) is 0 Å². The van der Waals surface area contributed by atoms with Crippen molar-refractivity contribution in [3.63, 3.8) is 0 Å². The van der Waals surface area contributed by atoms with Crippen LogP contribution in [-0.2, 0) is 4.79 Å². The van der Waals surface area contributed by atoms with Crippen LogP contribution in [0.2, 0.25) is 0 Å². The minimum Gasteiger partial charge on any atom is -0.485 e. The highest BCUT2D eigenvalue weighted by Gasteiger charge is 2.52. The van der Waals surface area contributed by atoms with Crippen molar-refractivity contribution in [3.05, 3.63) is 89.5 Å². The Morgan fingerprint density at radius 3 is 2.59 bits per heavy atom. The van der Waals surface area contributed by atoms with Crippen LogP contribution < -0.4 is 25.4 Å². The monoisotopic (exact) mass is 703 g/mol. The summed E-state index contributed by atoms with van der Waals surface area (Å²) in [6.45, 7) is 0.670. The van der Waals surface area contributed by atoms with Crippen LogP contribution in [0.4, 0.5) is 34.3 Å². The second-order valence-electron chi connectivity index (χ2n) is 12.0. The number of nitrogen functional groups attached to an aromatic ring is 1. The molecule has 0 saturated carbocycles. The van der Waals surface area contributed by atoms with Crippen LogP contribution in [-0.4, -0.2) is 80.2 Å². The number of aromatic nitrogens is 3. The molecule has 17 heteroatoms. The molecule has 0 spiro atoms. The molecule has 51 heavy (non-hydrogen) atoms. The van der Waals surface area contributed by atoms with Crippen molar-refractivity contribution in [3.8, 4) is 22.9 Å². The number of para-hydroxylation sites is 1. The maximum Gasteiger partial charge on any atom is 0.404 e. The number of H-pyrrole nitrogens is 1. The number of imide groups is 1. The number of amides is 4. The Morgan fingerprint density at radius 1 is 1.10 bits per heavy atom. The predicted octanol–water partition coefficient (Wildman–Crippen LogP) is 5.23. The molecule has 262 valence electrons. The molecule has 0 unspecified atom stereocenters. The Labute approximate surface area is 286 Å². The molecule has 4 heterocycles. The number of carbonyl (C=O) groups is 4. The van der Waals surface area contributed by atoms with Gasteiger partial charge in [0.15, 0.2) is 11.6 Å². The van der Waals surface area contributed by atoms with Crippen molar-refractivity contribution >= 4 is 46.2 Å². The van der Waals surface area contributed by atoms with Gasteiger partial charge in [0.1, 0.15) is 30.0 Å². The minimum atomic E-state index is -2.87. The number of aryl methyl sites for hydroxylation is 1. The molecular formula is C34H28F3N7O7. The first-order valence-electron chi connectivity index (χ1n) is 15.5. The van der Waals surface area contributed by atoms with Gasteiger partial charge in [0, 0.05) is 17.4 Å². The van der Waals surface area contributed by atoms with Crippen LogP contribution in [0, 0.1) is 12.7 Å². The van der Waals surface area contributed by atoms with Crippen LogP contribution in [0.3, 0.4) is 0 Å². The number of hydrogen-bond acceptors (Lipinski definition) is 8. The Bertz CT molecular complexity index is 2210. The van der Waals surface area contributed by atoms with Crippen molar-refractivity contribution in [1.82, 2.24) is 25.0 Å². The predicted molar refractivity (Wildman–Crippen MR) is 175 cm³/mol. The lowest BCUT2D eigenvalue weighted by molar-refractivity contribution is -0.119. The highest BCUT2D eigenvalue weighted by molar-refractivity contribution is 6.23. The summed E-state index contributed by atoms with van der Waals surface area (Å²) in [4.78, 5) is 56.6. The average Bonchev–Trinajstić information content (AvgIpc) is 3.84. The fraction of sp³-hybridized carbons (Fsp3) is 0.206. The zero-order valence-corrected chi connectivity index (χ0v) is 26.6. The van der Waals surface area contributed by atoms with Gasteiger partial charge in [-0.05, 0) is 67.4 Å². The zero-order chi connectivity index (χ0) is 36.1. The molecule has 2 aliphatic heterocycles. The Balaban J connectivity index is 1.17. The summed E-state index contributed by atoms with van der Waals surface area (Å²) in [6, 6.07) is 12.6. The molecule has 2 aliphatic rings. The summed E-state index contributed by atoms with van der Waals surface area (Å²) in [5.41, 5.74) is 7.82. The summed E-state index contributed by atoms with van der Waals surface area (Å²) in [5.74, 6) is -1.53. The summed E-state index contributed by atoms with van der Waals surface area (Å²) >= 11 is 0. The quantitative estimate of drug-likeness (QED) is 0.112. The number of nitrogens with two attached hydrogens (primary N) is 1. The van der Waals surface area contributed by atoms with Crippen LogP contribution in [0.5, 0.6) is 17.2 Å². The van der Waals surface area contributed by atoms with Gasteiger partial charge < -0.3 is 35.5 Å². The molecule has 5 N–H and O–H groups in total. The van der Waals surface area contributed by atoms with Crippen molar-refractivity contribution < 1.29 is 46.9 Å². The lowest BCUT2D eigenvalue weighted by Crippen LogP contribution is -2.40. The summed E-state index contributed by atoms with van der Waals surface area (Å²) < 4.78 is 52.9. The van der Waals surface area contributed by atoms with Crippen molar-refractivity contribution in [1.29, 1.82) is 0 Å². The normalized spacial score (nSPS) is 17.0. The number of carboxylic acid groups (broad SMARTS) is 1. The van der Waals surface area contributed by atoms with E-state index in [9.17, 15) is 32.3 Å². The molecule has 3 aromatic carbocycles. The molecule has 2 saturated heterocycles. The van der Waals surface area contributed by atoms with Gasteiger partial charge in [-0.3, -0.25) is 9.59 Å². The number of ether oxygens (including phenoxy) is 2. The van der Waals surface area contributed by atoms with Gasteiger partial charge in [-0.15, -0.1) is 0 Å². The number of urea groups is 1. The van der Waals surface area contributed by atoms with E-state index in [-0.39, 0.29) is 52.7 Å². The van der Waals surface area contributed by atoms with E-state index in [1.165, 1.54) is 46.1 Å². The number of aromatic amines is 1. The average molecular weight is 704 g/mol. The number of halogens is 3. The fourth-order valence-corrected chi connectivity index (χ4v) is 6.32. The standard InChI is InChI=1S/C34H28F3N7O7/c1-16-8-19(51-27-5-3-2-4-21(27)35)6-7-24(16)44-31(38)20(13-39-44)30(45)23-9-17-10-28(50-15-29(36)37)25(12-22(17)41-23)43-32(46)26-11-18(40-33(47)48)14-42(26)34(43)49/h2-10,12-13,18,26,29,40-41H,11,14-15,38H2,1H3,(H,47,48)/t18-,26-/m0/s1. The van der Waals surface area contributed by atoms with Crippen molar-refractivity contribution in [2.75, 3.05) is 23.8 Å². The highest BCUT2D eigenvalue weighted by Crippen LogP contribution is 2.40. The second-order valence-corrected chi connectivity index (χ2v) is 12.0. The van der Waals surface area contributed by atoms with Crippen LogP contribution >= 0.6 is 0 Å². The first kappa shape index (κ1) is 33.0. The largest absolute Gasteiger partial charge is 0.485 e. The summed E-state index contributed by atoms with van der Waals surface area (Å²) in [6.07, 6.45) is -2.85. The number of fused-ring (bicyclic) bond motifs is 2. The Kier molecular flexibility index (Phi) is 8.24. The number of carbonyl (C=O) groups excluding carboxylic acids is 3. The van der Waals surface area contributed by atoms with E-state index in [0.717, 1.165) is 4.90 Å². The smallest absolute Gasteiger partial charge is 0.404 e. The number of alkyl halides is 2. The summed E-state index contributed by atoms with van der Waals surface area (Å²) in [7, 11) is 0. The third-order valence-electron chi connectivity index (χ3n) is 8.63. The summed E-state index contributed by atoms with van der Waals surface area (Å²) in [5, 5.41) is 16.0. The Hall–Kier alpha value is -6.52. The van der Waals surface area contributed by atoms with E-state index in [1.54, 1.807) is 37.3 Å². The van der Waals surface area contributed by atoms with Gasteiger partial charge >= 0.3 is 12.1 Å². The van der Waals surface area contributed by atoms with Crippen molar-refractivity contribution in [2.45, 2.75) is 31.9 Å². The van der Waals surface area contributed by atoms with E-state index in [0.29, 0.717) is 22.4 Å². The van der Waals surface area contributed by atoms with Gasteiger partial charge in [0.05, 0.1) is 34.9 Å². The minimum absolute atomic E-state index is 0.00992. The van der Waals surface area contributed by atoms with Crippen molar-refractivity contribution in [2.24, 2.45) is 0 Å². The second kappa shape index (κ2) is 12.7. The number of nitrogens with one attached hydrogen (secondary N) is 2. The molecule has 4 amide bonds. The molecule has 5 aromatic rings. The third kappa shape index (κ3) is 6.02. The van der Waals surface area contributed by atoms with E-state index >= 15 is 0 Å². The molecule has 0 bridgehead atoms. The van der Waals surface area contributed by atoms with E-state index in [4.69, 9.17) is 20.3 Å². The fourth-order valence-electron chi connectivity index (χ4n) is 6.32. The van der Waals surface area contributed by atoms with Crippen LogP contribution in [0.1, 0.15) is 28.0 Å². The topological polar surface area (TPSA) is 185 Å². The first-order chi connectivity index (χ1) is 24.4. The maximum atomic E-state index is 14.1. The first-order valence-corrected chi connectivity index (χ1v) is 15.5. The molecule has 2 fully saturated rings. The zero-order valence-electron chi connectivity index (χ0n) is 26.6. The Morgan fingerprint density at radius 2 is 1.88 bits per heavy atom. The van der Waals surface area contributed by atoms with Crippen LogP contribution in [0.15, 0.2) is 66.9 Å². The van der Waals surface area contributed by atoms with Crippen LogP contribution in [0.25, 0.3) is 16.6 Å².